The molecule has 0 atom stereocenters. The highest BCUT2D eigenvalue weighted by Gasteiger charge is 2.32. The fraction of sp³-hybridized carbons (Fsp3) is 0.462. The van der Waals surface area contributed by atoms with Gasteiger partial charge in [-0.1, -0.05) is 18.2 Å². The SMILES string of the molecule is Cc1ccccc1C(=O)N(CCN)C1CC1. The first kappa shape index (κ1) is 11.1. The second kappa shape index (κ2) is 4.66. The zero-order chi connectivity index (χ0) is 11.5. The van der Waals surface area contributed by atoms with Gasteiger partial charge in [0.15, 0.2) is 0 Å². The molecule has 1 aromatic carbocycles. The van der Waals surface area contributed by atoms with Crippen molar-refractivity contribution >= 4 is 5.91 Å². The highest BCUT2D eigenvalue weighted by molar-refractivity contribution is 5.96. The van der Waals surface area contributed by atoms with Crippen molar-refractivity contribution in [2.75, 3.05) is 13.1 Å². The van der Waals surface area contributed by atoms with Crippen molar-refractivity contribution < 1.29 is 4.79 Å². The Bertz CT molecular complexity index is 385. The van der Waals surface area contributed by atoms with Crippen LogP contribution in [-0.4, -0.2) is 29.9 Å². The number of hydrogen-bond donors (Lipinski definition) is 1. The van der Waals surface area contributed by atoms with Crippen molar-refractivity contribution in [1.82, 2.24) is 4.90 Å². The molecule has 86 valence electrons. The fourth-order valence-electron chi connectivity index (χ4n) is 1.94. The van der Waals surface area contributed by atoms with Gasteiger partial charge in [0.05, 0.1) is 0 Å². The molecular formula is C13H18N2O. The quantitative estimate of drug-likeness (QED) is 0.833. The van der Waals surface area contributed by atoms with E-state index in [1.165, 1.54) is 0 Å². The van der Waals surface area contributed by atoms with Crippen LogP contribution in [0.15, 0.2) is 24.3 Å². The van der Waals surface area contributed by atoms with Gasteiger partial charge in [-0.25, -0.2) is 0 Å². The summed E-state index contributed by atoms with van der Waals surface area (Å²) in [4.78, 5) is 14.2. The van der Waals surface area contributed by atoms with E-state index in [0.29, 0.717) is 19.1 Å². The standard InChI is InChI=1S/C13H18N2O/c1-10-4-2-3-5-12(10)13(16)15(9-8-14)11-6-7-11/h2-5,11H,6-9,14H2,1H3. The summed E-state index contributed by atoms with van der Waals surface area (Å²) >= 11 is 0. The molecule has 3 nitrogen and oxygen atoms in total. The van der Waals surface area contributed by atoms with Crippen LogP contribution in [0, 0.1) is 6.92 Å². The van der Waals surface area contributed by atoms with Crippen LogP contribution in [0.1, 0.15) is 28.8 Å². The van der Waals surface area contributed by atoms with Crippen LogP contribution in [0.2, 0.25) is 0 Å². The predicted octanol–water partition coefficient (Wildman–Crippen LogP) is 1.56. The molecule has 1 amide bonds. The number of nitrogens with two attached hydrogens (primary N) is 1. The number of amides is 1. The van der Waals surface area contributed by atoms with Gasteiger partial charge in [0.25, 0.3) is 5.91 Å². The lowest BCUT2D eigenvalue weighted by atomic mass is 10.1. The molecule has 0 radical (unpaired) electrons. The lowest BCUT2D eigenvalue weighted by molar-refractivity contribution is 0.0747. The van der Waals surface area contributed by atoms with Crippen LogP contribution < -0.4 is 5.73 Å². The average Bonchev–Trinajstić information content (AvgIpc) is 3.09. The van der Waals surface area contributed by atoms with Gasteiger partial charge < -0.3 is 10.6 Å². The van der Waals surface area contributed by atoms with E-state index in [1.807, 2.05) is 36.1 Å². The Labute approximate surface area is 96.2 Å². The Morgan fingerprint density at radius 2 is 2.12 bits per heavy atom. The van der Waals surface area contributed by atoms with Crippen LogP contribution in [0.5, 0.6) is 0 Å². The Balaban J connectivity index is 2.19. The van der Waals surface area contributed by atoms with Gasteiger partial charge >= 0.3 is 0 Å². The number of carbonyl (C=O) groups is 1. The maximum absolute atomic E-state index is 12.3. The summed E-state index contributed by atoms with van der Waals surface area (Å²) < 4.78 is 0. The second-order valence-electron chi connectivity index (χ2n) is 4.33. The van der Waals surface area contributed by atoms with Gasteiger partial charge in [-0.05, 0) is 31.4 Å². The predicted molar refractivity (Wildman–Crippen MR) is 64.3 cm³/mol. The molecule has 2 rings (SSSR count). The third-order valence-electron chi connectivity index (χ3n) is 2.99. The van der Waals surface area contributed by atoms with Crippen molar-refractivity contribution in [3.05, 3.63) is 35.4 Å². The topological polar surface area (TPSA) is 46.3 Å². The van der Waals surface area contributed by atoms with E-state index in [1.54, 1.807) is 0 Å². The molecular weight excluding hydrogens is 200 g/mol. The van der Waals surface area contributed by atoms with Crippen molar-refractivity contribution in [3.63, 3.8) is 0 Å². The van der Waals surface area contributed by atoms with Gasteiger partial charge in [0, 0.05) is 24.7 Å². The number of hydrogen-bond acceptors (Lipinski definition) is 2. The largest absolute Gasteiger partial charge is 0.334 e. The van der Waals surface area contributed by atoms with E-state index in [0.717, 1.165) is 24.0 Å². The normalized spacial score (nSPS) is 14.9. The summed E-state index contributed by atoms with van der Waals surface area (Å²) in [5.74, 6) is 0.131. The molecule has 1 aliphatic rings. The molecule has 0 aliphatic heterocycles. The van der Waals surface area contributed by atoms with E-state index < -0.39 is 0 Å². The number of aryl methyl sites for hydroxylation is 1. The Morgan fingerprint density at radius 1 is 1.44 bits per heavy atom. The van der Waals surface area contributed by atoms with E-state index in [9.17, 15) is 4.79 Å². The van der Waals surface area contributed by atoms with Gasteiger partial charge in [0.2, 0.25) is 0 Å². The van der Waals surface area contributed by atoms with E-state index >= 15 is 0 Å². The van der Waals surface area contributed by atoms with Gasteiger partial charge in [-0.15, -0.1) is 0 Å². The molecule has 0 aromatic heterocycles. The van der Waals surface area contributed by atoms with Gasteiger partial charge in [-0.3, -0.25) is 4.79 Å². The first-order valence-corrected chi connectivity index (χ1v) is 5.80. The van der Waals surface area contributed by atoms with Crippen LogP contribution in [0.25, 0.3) is 0 Å². The molecule has 16 heavy (non-hydrogen) atoms. The van der Waals surface area contributed by atoms with Crippen molar-refractivity contribution in [2.24, 2.45) is 5.73 Å². The van der Waals surface area contributed by atoms with Crippen LogP contribution in [0.3, 0.4) is 0 Å². The Morgan fingerprint density at radius 3 is 2.69 bits per heavy atom. The van der Waals surface area contributed by atoms with Crippen molar-refractivity contribution in [3.8, 4) is 0 Å². The van der Waals surface area contributed by atoms with Crippen LogP contribution in [-0.2, 0) is 0 Å². The summed E-state index contributed by atoms with van der Waals surface area (Å²) in [5, 5.41) is 0. The maximum Gasteiger partial charge on any atom is 0.254 e. The molecule has 2 N–H and O–H groups in total. The monoisotopic (exact) mass is 218 g/mol. The third kappa shape index (κ3) is 2.25. The van der Waals surface area contributed by atoms with Crippen molar-refractivity contribution in [1.29, 1.82) is 0 Å². The summed E-state index contributed by atoms with van der Waals surface area (Å²) in [7, 11) is 0. The second-order valence-corrected chi connectivity index (χ2v) is 4.33. The first-order chi connectivity index (χ1) is 7.74. The molecule has 0 unspecified atom stereocenters. The molecule has 1 saturated carbocycles. The molecule has 0 heterocycles. The van der Waals surface area contributed by atoms with Crippen molar-refractivity contribution in [2.45, 2.75) is 25.8 Å². The third-order valence-corrected chi connectivity index (χ3v) is 2.99. The fourth-order valence-corrected chi connectivity index (χ4v) is 1.94. The Hall–Kier alpha value is -1.35. The molecule has 1 aliphatic carbocycles. The van der Waals surface area contributed by atoms with Crippen LogP contribution in [0.4, 0.5) is 0 Å². The number of nitrogens with zero attached hydrogens (tertiary/aromatic N) is 1. The molecule has 1 fully saturated rings. The number of carbonyl (C=O) groups excluding carboxylic acids is 1. The molecule has 0 spiro atoms. The maximum atomic E-state index is 12.3. The first-order valence-electron chi connectivity index (χ1n) is 5.80. The van der Waals surface area contributed by atoms with E-state index in [-0.39, 0.29) is 5.91 Å². The average molecular weight is 218 g/mol. The minimum Gasteiger partial charge on any atom is -0.334 e. The van der Waals surface area contributed by atoms with E-state index in [4.69, 9.17) is 5.73 Å². The van der Waals surface area contributed by atoms with Gasteiger partial charge in [0.1, 0.15) is 0 Å². The summed E-state index contributed by atoms with van der Waals surface area (Å²) in [6.07, 6.45) is 2.25. The van der Waals surface area contributed by atoms with Gasteiger partial charge in [-0.2, -0.15) is 0 Å². The minimum absolute atomic E-state index is 0.131. The lowest BCUT2D eigenvalue weighted by Gasteiger charge is -2.22. The molecule has 1 aromatic rings. The smallest absolute Gasteiger partial charge is 0.254 e. The van der Waals surface area contributed by atoms with Crippen LogP contribution >= 0.6 is 0 Å². The zero-order valence-electron chi connectivity index (χ0n) is 9.65. The van der Waals surface area contributed by atoms with E-state index in [2.05, 4.69) is 0 Å². The zero-order valence-corrected chi connectivity index (χ0v) is 9.65. The highest BCUT2D eigenvalue weighted by Crippen LogP contribution is 2.28. The number of rotatable bonds is 4. The lowest BCUT2D eigenvalue weighted by Crippen LogP contribution is -2.37. The summed E-state index contributed by atoms with van der Waals surface area (Å²) in [6.45, 7) is 3.17. The number of benzene rings is 1. The summed E-state index contributed by atoms with van der Waals surface area (Å²) in [6, 6.07) is 8.16. The minimum atomic E-state index is 0.131. The molecule has 0 bridgehead atoms. The summed E-state index contributed by atoms with van der Waals surface area (Å²) in [5.41, 5.74) is 7.40. The highest BCUT2D eigenvalue weighted by atomic mass is 16.2. The molecule has 0 saturated heterocycles. The Kier molecular flexibility index (Phi) is 3.25. The molecule has 3 heteroatoms.